The van der Waals surface area contributed by atoms with Crippen LogP contribution in [0.5, 0.6) is 0 Å². The molecule has 2 aliphatic rings. The molecule has 2 atom stereocenters. The predicted octanol–water partition coefficient (Wildman–Crippen LogP) is 2.61. The van der Waals surface area contributed by atoms with E-state index in [9.17, 15) is 5.11 Å². The fraction of sp³-hybridized carbons (Fsp3) is 0.786. The Hall–Kier alpha value is -0.450. The van der Waals surface area contributed by atoms with Crippen molar-refractivity contribution in [3.05, 3.63) is 16.1 Å². The molecule has 0 amide bonds. The summed E-state index contributed by atoms with van der Waals surface area (Å²) in [6.45, 7) is 1.92. The summed E-state index contributed by atoms with van der Waals surface area (Å²) in [7, 11) is 2.14. The van der Waals surface area contributed by atoms with E-state index in [1.807, 2.05) is 11.3 Å². The number of aliphatic hydroxyl groups excluding tert-OH is 1. The average molecular weight is 266 g/mol. The Morgan fingerprint density at radius 2 is 2.22 bits per heavy atom. The number of nitrogens with zero attached hydrogens (tertiary/aromatic N) is 2. The first-order valence-corrected chi connectivity index (χ1v) is 7.91. The number of rotatable bonds is 5. The second-order valence-corrected chi connectivity index (χ2v) is 6.80. The molecule has 2 aliphatic carbocycles. The third-order valence-electron chi connectivity index (χ3n) is 4.09. The molecule has 0 bridgehead atoms. The lowest BCUT2D eigenvalue weighted by molar-refractivity contribution is 0.107. The smallest absolute Gasteiger partial charge is 0.0959 e. The lowest BCUT2D eigenvalue weighted by atomic mass is 10.1. The molecule has 2 fully saturated rings. The summed E-state index contributed by atoms with van der Waals surface area (Å²) in [5.74, 6) is 1.24. The first kappa shape index (κ1) is 12.6. The maximum absolute atomic E-state index is 9.85. The van der Waals surface area contributed by atoms with Gasteiger partial charge in [-0.3, -0.25) is 0 Å². The van der Waals surface area contributed by atoms with Gasteiger partial charge in [-0.05, 0) is 38.6 Å². The van der Waals surface area contributed by atoms with Crippen LogP contribution in [0.1, 0.15) is 48.7 Å². The molecule has 1 N–H and O–H groups in total. The molecule has 2 saturated carbocycles. The van der Waals surface area contributed by atoms with Crippen LogP contribution in [-0.2, 0) is 6.54 Å². The Kier molecular flexibility index (Phi) is 3.68. The average Bonchev–Trinajstić information content (AvgIpc) is 2.97. The normalized spacial score (nSPS) is 28.2. The number of aromatic nitrogens is 1. The number of hydrogen-bond donors (Lipinski definition) is 1. The van der Waals surface area contributed by atoms with E-state index in [4.69, 9.17) is 4.98 Å². The highest BCUT2D eigenvalue weighted by Gasteiger charge is 2.28. The predicted molar refractivity (Wildman–Crippen MR) is 73.8 cm³/mol. The number of hydrogen-bond acceptors (Lipinski definition) is 4. The van der Waals surface area contributed by atoms with E-state index in [0.717, 1.165) is 25.4 Å². The van der Waals surface area contributed by atoms with Gasteiger partial charge in [0, 0.05) is 24.4 Å². The highest BCUT2D eigenvalue weighted by atomic mass is 32.1. The quantitative estimate of drug-likeness (QED) is 0.890. The first-order valence-electron chi connectivity index (χ1n) is 7.03. The Labute approximate surface area is 113 Å². The van der Waals surface area contributed by atoms with E-state index < -0.39 is 0 Å². The summed E-state index contributed by atoms with van der Waals surface area (Å²) in [4.78, 5) is 7.03. The third-order valence-corrected chi connectivity index (χ3v) is 5.15. The van der Waals surface area contributed by atoms with E-state index in [0.29, 0.717) is 5.92 Å². The minimum absolute atomic E-state index is 0.0788. The van der Waals surface area contributed by atoms with Gasteiger partial charge < -0.3 is 10.0 Å². The molecule has 0 aliphatic heterocycles. The minimum atomic E-state index is -0.0788. The van der Waals surface area contributed by atoms with E-state index in [2.05, 4.69) is 17.3 Å². The van der Waals surface area contributed by atoms with E-state index in [1.165, 1.54) is 36.4 Å². The molecule has 2 unspecified atom stereocenters. The fourth-order valence-corrected chi connectivity index (χ4v) is 3.87. The number of thiazole rings is 1. The summed E-state index contributed by atoms with van der Waals surface area (Å²) >= 11 is 1.82. The monoisotopic (exact) mass is 266 g/mol. The van der Waals surface area contributed by atoms with Crippen LogP contribution in [0.15, 0.2) is 5.38 Å². The lowest BCUT2D eigenvalue weighted by Gasteiger charge is -2.22. The summed E-state index contributed by atoms with van der Waals surface area (Å²) in [6.07, 6.45) is 5.93. The highest BCUT2D eigenvalue weighted by Crippen LogP contribution is 2.41. The Morgan fingerprint density at radius 3 is 2.89 bits per heavy atom. The summed E-state index contributed by atoms with van der Waals surface area (Å²) in [5.41, 5.74) is 1.21. The molecule has 3 rings (SSSR count). The molecule has 0 radical (unpaired) electrons. The van der Waals surface area contributed by atoms with E-state index in [-0.39, 0.29) is 6.10 Å². The van der Waals surface area contributed by atoms with Crippen LogP contribution in [0.3, 0.4) is 0 Å². The topological polar surface area (TPSA) is 36.4 Å². The standard InChI is InChI=1S/C14H22N2OS/c1-16(7-11-3-2-4-13(11)17)8-12-9-18-14(15-12)10-5-6-10/h9-11,13,17H,2-8H2,1H3. The van der Waals surface area contributed by atoms with E-state index in [1.54, 1.807) is 0 Å². The van der Waals surface area contributed by atoms with Crippen molar-refractivity contribution >= 4 is 11.3 Å². The van der Waals surface area contributed by atoms with Crippen molar-refractivity contribution in [1.82, 2.24) is 9.88 Å². The molecular formula is C14H22N2OS. The zero-order chi connectivity index (χ0) is 12.5. The molecule has 1 heterocycles. The zero-order valence-corrected chi connectivity index (χ0v) is 11.8. The molecule has 0 aromatic carbocycles. The molecule has 18 heavy (non-hydrogen) atoms. The molecule has 4 heteroatoms. The van der Waals surface area contributed by atoms with Gasteiger partial charge >= 0.3 is 0 Å². The molecule has 1 aromatic heterocycles. The number of aliphatic hydroxyl groups is 1. The molecule has 0 saturated heterocycles. The van der Waals surface area contributed by atoms with Crippen molar-refractivity contribution in [2.24, 2.45) is 5.92 Å². The van der Waals surface area contributed by atoms with Gasteiger partial charge in [-0.25, -0.2) is 4.98 Å². The summed E-state index contributed by atoms with van der Waals surface area (Å²) in [5, 5.41) is 13.4. The zero-order valence-electron chi connectivity index (χ0n) is 11.0. The molecule has 1 aromatic rings. The highest BCUT2D eigenvalue weighted by molar-refractivity contribution is 7.09. The second kappa shape index (κ2) is 5.27. The molecule has 3 nitrogen and oxygen atoms in total. The van der Waals surface area contributed by atoms with Crippen molar-refractivity contribution in [2.75, 3.05) is 13.6 Å². The summed E-state index contributed by atoms with van der Waals surface area (Å²) in [6, 6.07) is 0. The van der Waals surface area contributed by atoms with Gasteiger partial charge in [0.05, 0.1) is 16.8 Å². The molecular weight excluding hydrogens is 244 g/mol. The van der Waals surface area contributed by atoms with Crippen LogP contribution in [0.4, 0.5) is 0 Å². The van der Waals surface area contributed by atoms with Gasteiger partial charge in [-0.15, -0.1) is 11.3 Å². The summed E-state index contributed by atoms with van der Waals surface area (Å²) < 4.78 is 0. The lowest BCUT2D eigenvalue weighted by Crippen LogP contribution is -2.29. The van der Waals surface area contributed by atoms with E-state index >= 15 is 0 Å². The van der Waals surface area contributed by atoms with Crippen molar-refractivity contribution in [3.63, 3.8) is 0 Å². The second-order valence-electron chi connectivity index (χ2n) is 5.91. The van der Waals surface area contributed by atoms with Crippen LogP contribution in [0.2, 0.25) is 0 Å². The maximum atomic E-state index is 9.85. The van der Waals surface area contributed by atoms with Crippen molar-refractivity contribution < 1.29 is 5.11 Å². The Bertz CT molecular complexity index is 402. The Morgan fingerprint density at radius 1 is 1.39 bits per heavy atom. The van der Waals surface area contributed by atoms with Crippen LogP contribution in [0.25, 0.3) is 0 Å². The molecule has 0 spiro atoms. The van der Waals surface area contributed by atoms with Crippen molar-refractivity contribution in [3.8, 4) is 0 Å². The van der Waals surface area contributed by atoms with Crippen LogP contribution >= 0.6 is 11.3 Å². The first-order chi connectivity index (χ1) is 8.72. The third kappa shape index (κ3) is 2.92. The van der Waals surface area contributed by atoms with Gasteiger partial charge in [0.2, 0.25) is 0 Å². The van der Waals surface area contributed by atoms with Gasteiger partial charge in [-0.1, -0.05) is 6.42 Å². The van der Waals surface area contributed by atoms with Crippen LogP contribution < -0.4 is 0 Å². The SMILES string of the molecule is CN(Cc1csc(C2CC2)n1)CC1CCCC1O. The van der Waals surface area contributed by atoms with Gasteiger partial charge in [0.25, 0.3) is 0 Å². The van der Waals surface area contributed by atoms with Gasteiger partial charge in [0.15, 0.2) is 0 Å². The fourth-order valence-electron chi connectivity index (χ4n) is 2.88. The minimum Gasteiger partial charge on any atom is -0.393 e. The van der Waals surface area contributed by atoms with Crippen LogP contribution in [0, 0.1) is 5.92 Å². The van der Waals surface area contributed by atoms with Crippen LogP contribution in [-0.4, -0.2) is 34.7 Å². The van der Waals surface area contributed by atoms with Crippen molar-refractivity contribution in [2.45, 2.75) is 50.7 Å². The Balaban J connectivity index is 1.51. The van der Waals surface area contributed by atoms with Gasteiger partial charge in [-0.2, -0.15) is 0 Å². The largest absolute Gasteiger partial charge is 0.393 e. The molecule has 100 valence electrons. The maximum Gasteiger partial charge on any atom is 0.0959 e. The van der Waals surface area contributed by atoms with Crippen molar-refractivity contribution in [1.29, 1.82) is 0 Å². The van der Waals surface area contributed by atoms with Gasteiger partial charge in [0.1, 0.15) is 0 Å².